The predicted molar refractivity (Wildman–Crippen MR) is 177 cm³/mol. The first-order valence-electron chi connectivity index (χ1n) is 16.3. The van der Waals surface area contributed by atoms with E-state index in [4.69, 9.17) is 4.74 Å². The number of benzene rings is 2. The topological polar surface area (TPSA) is 90.4 Å². The summed E-state index contributed by atoms with van der Waals surface area (Å²) < 4.78 is 7.06. The standard InChI is InChI=1S/C37H47N3O5/c1-6-22-38(28-18-11-9-12-19-28)33(42)29-30-34(43)40(24-13-10-14-25-41)32(37(30)21-20-36(29,8-3)45-37)35(44)39(23-7-2)31-26(4)16-15-17-27(31)5/h6-7,9,11-12,15-19,29-30,32,41H,1-2,8,10,13-14,20-25H2,3-5H3/t29-,30+,32?,36+,37?/m1/s1. The average molecular weight is 614 g/mol. The normalized spacial score (nSPS) is 26.5. The Kier molecular flexibility index (Phi) is 9.65. The van der Waals surface area contributed by atoms with Gasteiger partial charge in [-0.2, -0.15) is 0 Å². The molecule has 5 atom stereocenters. The van der Waals surface area contributed by atoms with Crippen LogP contribution in [0.25, 0.3) is 0 Å². The first-order valence-corrected chi connectivity index (χ1v) is 16.3. The lowest BCUT2D eigenvalue weighted by molar-refractivity contribution is -0.146. The summed E-state index contributed by atoms with van der Waals surface area (Å²) in [4.78, 5) is 49.5. The molecule has 0 aromatic heterocycles. The van der Waals surface area contributed by atoms with Crippen LogP contribution in [0.5, 0.6) is 0 Å². The number of para-hydroxylation sites is 2. The maximum Gasteiger partial charge on any atom is 0.253 e. The lowest BCUT2D eigenvalue weighted by Gasteiger charge is -2.37. The number of aliphatic hydroxyl groups excluding tert-OH is 1. The van der Waals surface area contributed by atoms with Gasteiger partial charge >= 0.3 is 0 Å². The van der Waals surface area contributed by atoms with Gasteiger partial charge in [-0.25, -0.2) is 0 Å². The SMILES string of the molecule is C=CCN(C(=O)[C@H]1[C@H]2C(=O)N(CCCCCO)C(C(=O)N(CC=C)c3c(C)cccc3C)C23CC[C@]1(CC)O3)c1ccccc1. The van der Waals surface area contributed by atoms with Gasteiger partial charge in [0.15, 0.2) is 0 Å². The predicted octanol–water partition coefficient (Wildman–Crippen LogP) is 5.36. The lowest BCUT2D eigenvalue weighted by atomic mass is 9.64. The van der Waals surface area contributed by atoms with E-state index in [0.29, 0.717) is 45.2 Å². The Bertz CT molecular complexity index is 1420. The van der Waals surface area contributed by atoms with Crippen molar-refractivity contribution in [2.75, 3.05) is 36.0 Å². The van der Waals surface area contributed by atoms with Gasteiger partial charge < -0.3 is 24.5 Å². The van der Waals surface area contributed by atoms with Crippen molar-refractivity contribution in [3.63, 3.8) is 0 Å². The molecule has 5 rings (SSSR count). The number of anilines is 2. The molecule has 240 valence electrons. The Hall–Kier alpha value is -3.75. The fourth-order valence-electron chi connectivity index (χ4n) is 8.21. The zero-order chi connectivity index (χ0) is 32.4. The monoisotopic (exact) mass is 613 g/mol. The minimum Gasteiger partial charge on any atom is -0.396 e. The molecule has 1 N–H and O–H groups in total. The highest BCUT2D eigenvalue weighted by atomic mass is 16.5. The van der Waals surface area contributed by atoms with E-state index in [2.05, 4.69) is 13.2 Å². The molecule has 3 fully saturated rings. The van der Waals surface area contributed by atoms with E-state index in [9.17, 15) is 19.5 Å². The van der Waals surface area contributed by atoms with Gasteiger partial charge in [-0.3, -0.25) is 14.4 Å². The number of hydrogen-bond acceptors (Lipinski definition) is 5. The van der Waals surface area contributed by atoms with E-state index in [-0.39, 0.29) is 30.9 Å². The Morgan fingerprint density at radius 2 is 1.62 bits per heavy atom. The molecule has 2 aromatic carbocycles. The number of aryl methyl sites for hydroxylation is 2. The number of aliphatic hydroxyl groups is 1. The highest BCUT2D eigenvalue weighted by Crippen LogP contribution is 2.65. The van der Waals surface area contributed by atoms with Crippen LogP contribution in [0.4, 0.5) is 11.4 Å². The van der Waals surface area contributed by atoms with Crippen LogP contribution in [0, 0.1) is 25.7 Å². The minimum atomic E-state index is -1.13. The van der Waals surface area contributed by atoms with E-state index < -0.39 is 29.1 Å². The Morgan fingerprint density at radius 1 is 0.956 bits per heavy atom. The van der Waals surface area contributed by atoms with Gasteiger partial charge in [0.25, 0.3) is 5.91 Å². The number of rotatable bonds is 14. The van der Waals surface area contributed by atoms with Crippen molar-refractivity contribution in [1.29, 1.82) is 0 Å². The van der Waals surface area contributed by atoms with Crippen LogP contribution in [0.3, 0.4) is 0 Å². The zero-order valence-electron chi connectivity index (χ0n) is 26.9. The number of likely N-dealkylation sites (tertiary alicyclic amines) is 1. The Balaban J connectivity index is 1.62. The first-order chi connectivity index (χ1) is 21.7. The fourth-order valence-corrected chi connectivity index (χ4v) is 8.21. The molecule has 3 aliphatic rings. The average Bonchev–Trinajstić information content (AvgIpc) is 3.64. The van der Waals surface area contributed by atoms with E-state index in [1.54, 1.807) is 26.9 Å². The number of fused-ring (bicyclic) bond motifs is 1. The molecular formula is C37H47N3O5. The van der Waals surface area contributed by atoms with Gasteiger partial charge in [-0.05, 0) is 75.6 Å². The number of nitrogens with zero attached hydrogens (tertiary/aromatic N) is 3. The number of carbonyl (C=O) groups is 3. The van der Waals surface area contributed by atoms with Gasteiger partial charge in [-0.1, -0.05) is 55.5 Å². The van der Waals surface area contributed by atoms with Crippen LogP contribution in [0.1, 0.15) is 56.6 Å². The Morgan fingerprint density at radius 3 is 2.24 bits per heavy atom. The summed E-state index contributed by atoms with van der Waals surface area (Å²) in [5, 5.41) is 9.40. The summed E-state index contributed by atoms with van der Waals surface area (Å²) in [5.41, 5.74) is 1.47. The van der Waals surface area contributed by atoms with Crippen LogP contribution in [0.2, 0.25) is 0 Å². The van der Waals surface area contributed by atoms with Crippen molar-refractivity contribution < 1.29 is 24.2 Å². The van der Waals surface area contributed by atoms with Gasteiger partial charge in [0.1, 0.15) is 11.6 Å². The van der Waals surface area contributed by atoms with Crippen molar-refractivity contribution in [3.05, 3.63) is 85.0 Å². The second kappa shape index (κ2) is 13.3. The molecule has 0 radical (unpaired) electrons. The summed E-state index contributed by atoms with van der Waals surface area (Å²) in [5.74, 6) is -2.11. The fraction of sp³-hybridized carbons (Fsp3) is 0.486. The third kappa shape index (κ3) is 5.42. The molecule has 45 heavy (non-hydrogen) atoms. The third-order valence-electron chi connectivity index (χ3n) is 10.2. The molecule has 2 bridgehead atoms. The number of unbranched alkanes of at least 4 members (excludes halogenated alkanes) is 2. The molecule has 0 saturated carbocycles. The minimum absolute atomic E-state index is 0.0693. The van der Waals surface area contributed by atoms with Crippen LogP contribution >= 0.6 is 0 Å². The molecule has 3 saturated heterocycles. The molecule has 8 nitrogen and oxygen atoms in total. The highest BCUT2D eigenvalue weighted by molar-refractivity contribution is 6.07. The number of amides is 3. The molecule has 2 aromatic rings. The quantitative estimate of drug-likeness (QED) is 0.229. The van der Waals surface area contributed by atoms with E-state index >= 15 is 0 Å². The Labute approximate surface area is 267 Å². The van der Waals surface area contributed by atoms with Gasteiger partial charge in [0.2, 0.25) is 11.8 Å². The second-order valence-corrected chi connectivity index (χ2v) is 12.7. The molecule has 0 aliphatic carbocycles. The van der Waals surface area contributed by atoms with Gasteiger partial charge in [0, 0.05) is 37.6 Å². The van der Waals surface area contributed by atoms with Crippen molar-refractivity contribution in [1.82, 2.24) is 4.90 Å². The van der Waals surface area contributed by atoms with Crippen LogP contribution in [-0.2, 0) is 19.1 Å². The van der Waals surface area contributed by atoms with E-state index in [1.807, 2.05) is 69.3 Å². The number of hydrogen-bond donors (Lipinski definition) is 1. The second-order valence-electron chi connectivity index (χ2n) is 12.7. The van der Waals surface area contributed by atoms with Crippen molar-refractivity contribution in [2.45, 2.75) is 76.5 Å². The third-order valence-corrected chi connectivity index (χ3v) is 10.2. The largest absolute Gasteiger partial charge is 0.396 e. The molecule has 3 aliphatic heterocycles. The smallest absolute Gasteiger partial charge is 0.253 e. The maximum absolute atomic E-state index is 15.0. The van der Waals surface area contributed by atoms with Crippen molar-refractivity contribution in [3.8, 4) is 0 Å². The van der Waals surface area contributed by atoms with Crippen LogP contribution in [0.15, 0.2) is 73.8 Å². The first kappa shape index (κ1) is 32.6. The number of ether oxygens (including phenoxy) is 1. The van der Waals surface area contributed by atoms with Gasteiger partial charge in [0.05, 0.1) is 17.4 Å². The molecule has 3 heterocycles. The lowest BCUT2D eigenvalue weighted by Crippen LogP contribution is -2.57. The molecule has 8 heteroatoms. The summed E-state index contributed by atoms with van der Waals surface area (Å²) in [7, 11) is 0. The molecule has 1 spiro atoms. The summed E-state index contributed by atoms with van der Waals surface area (Å²) in [6, 6.07) is 14.5. The van der Waals surface area contributed by atoms with Crippen molar-refractivity contribution >= 4 is 29.1 Å². The van der Waals surface area contributed by atoms with Crippen LogP contribution < -0.4 is 9.80 Å². The summed E-state index contributed by atoms with van der Waals surface area (Å²) in [6.07, 6.45) is 7.03. The zero-order valence-corrected chi connectivity index (χ0v) is 26.9. The summed E-state index contributed by atoms with van der Waals surface area (Å²) in [6.45, 7) is 14.8. The van der Waals surface area contributed by atoms with E-state index in [0.717, 1.165) is 28.9 Å². The maximum atomic E-state index is 15.0. The van der Waals surface area contributed by atoms with Crippen LogP contribution in [-0.4, -0.2) is 71.2 Å². The van der Waals surface area contributed by atoms with Crippen molar-refractivity contribution in [2.24, 2.45) is 11.8 Å². The van der Waals surface area contributed by atoms with E-state index in [1.165, 1.54) is 0 Å². The molecule has 2 unspecified atom stereocenters. The summed E-state index contributed by atoms with van der Waals surface area (Å²) >= 11 is 0. The molecular weight excluding hydrogens is 566 g/mol. The van der Waals surface area contributed by atoms with Gasteiger partial charge in [-0.15, -0.1) is 13.2 Å². The highest BCUT2D eigenvalue weighted by Gasteiger charge is 2.79. The number of carbonyl (C=O) groups excluding carboxylic acids is 3. The molecule has 3 amide bonds.